The normalized spacial score (nSPS) is 15.7. The van der Waals surface area contributed by atoms with Gasteiger partial charge in [0.05, 0.1) is 4.94 Å². The molecule has 0 bridgehead atoms. The van der Waals surface area contributed by atoms with E-state index in [9.17, 15) is 5.21 Å². The third-order valence-electron chi connectivity index (χ3n) is 1.74. The topological polar surface area (TPSA) is 54.4 Å². The van der Waals surface area contributed by atoms with Crippen molar-refractivity contribution in [2.75, 3.05) is 49.3 Å². The van der Waals surface area contributed by atoms with Crippen LogP contribution in [0, 0.1) is 0 Å². The van der Waals surface area contributed by atoms with E-state index in [-0.39, 0.29) is 11.0 Å². The molecule has 0 fully saturated rings. The Hall–Kier alpha value is -0.320. The van der Waals surface area contributed by atoms with Crippen molar-refractivity contribution in [2.24, 2.45) is 0 Å². The summed E-state index contributed by atoms with van der Waals surface area (Å²) >= 11 is 0. The Kier molecular flexibility index (Phi) is 5.91. The van der Waals surface area contributed by atoms with E-state index >= 15 is 0 Å². The molecule has 0 aliphatic heterocycles. The number of rotatable bonds is 7. The highest BCUT2D eigenvalue weighted by atomic mass is 17.2. The smallest absolute Gasteiger partial charge is 0.140 e. The van der Waals surface area contributed by atoms with Gasteiger partial charge in [0.1, 0.15) is 34.4 Å². The van der Waals surface area contributed by atoms with Crippen LogP contribution in [-0.4, -0.2) is 80.5 Å². The number of hydrogen-bond donors (Lipinski definition) is 1. The predicted octanol–water partition coefficient (Wildman–Crippen LogP) is -0.00740. The lowest BCUT2D eigenvalue weighted by Crippen LogP contribution is -2.54. The summed E-state index contributed by atoms with van der Waals surface area (Å²) in [5.41, 5.74) is 0. The van der Waals surface area contributed by atoms with E-state index in [0.29, 0.717) is 0 Å². The van der Waals surface area contributed by atoms with Gasteiger partial charge in [0, 0.05) is 16.7 Å². The Labute approximate surface area is 103 Å². The summed E-state index contributed by atoms with van der Waals surface area (Å²) in [4.78, 5) is 16.8. The van der Waals surface area contributed by atoms with Gasteiger partial charge in [-0.3, -0.25) is 9.74 Å². The van der Waals surface area contributed by atoms with Crippen molar-refractivity contribution in [3.8, 4) is 0 Å². The minimum absolute atomic E-state index is 0.142. The van der Waals surface area contributed by atoms with Crippen LogP contribution in [0.1, 0.15) is 6.92 Å². The SMILES string of the molecule is C[C@H](ON(C)O[N+](C)(C)O[N+](C)(C)O)N(C)C. The molecule has 1 N–H and O–H groups in total. The van der Waals surface area contributed by atoms with E-state index in [4.69, 9.17) is 14.7 Å². The van der Waals surface area contributed by atoms with Crippen molar-refractivity contribution in [3.63, 3.8) is 0 Å². The molecular weight excluding hydrogens is 228 g/mol. The standard InChI is InChI=1S/C9H26N4O4/c1-9(10(2)3)15-11(4)16-13(7,8)17-12(5,6)14/h9,14H,1-8H3/q+2/t9-/m0/s1. The lowest BCUT2D eigenvalue weighted by Gasteiger charge is -2.30. The van der Waals surface area contributed by atoms with Crippen molar-refractivity contribution >= 4 is 0 Å². The summed E-state index contributed by atoms with van der Waals surface area (Å²) in [6.07, 6.45) is -0.142. The molecular formula is C9H26N4O4+2. The zero-order chi connectivity index (χ0) is 13.9. The largest absolute Gasteiger partial charge is 0.283 e. The van der Waals surface area contributed by atoms with E-state index in [0.717, 1.165) is 0 Å². The monoisotopic (exact) mass is 254 g/mol. The van der Waals surface area contributed by atoms with Gasteiger partial charge in [0.2, 0.25) is 0 Å². The Morgan fingerprint density at radius 1 is 1.06 bits per heavy atom. The van der Waals surface area contributed by atoms with Crippen molar-refractivity contribution in [2.45, 2.75) is 13.2 Å². The first-order valence-corrected chi connectivity index (χ1v) is 5.31. The van der Waals surface area contributed by atoms with Crippen LogP contribution in [0.4, 0.5) is 0 Å². The van der Waals surface area contributed by atoms with Crippen molar-refractivity contribution in [3.05, 3.63) is 0 Å². The van der Waals surface area contributed by atoms with Crippen LogP contribution in [0.5, 0.6) is 0 Å². The van der Waals surface area contributed by atoms with Gasteiger partial charge >= 0.3 is 0 Å². The molecule has 0 aromatic heterocycles. The molecule has 8 heteroatoms. The van der Waals surface area contributed by atoms with Gasteiger partial charge < -0.3 is 0 Å². The van der Waals surface area contributed by atoms with Crippen LogP contribution >= 0.6 is 0 Å². The van der Waals surface area contributed by atoms with E-state index in [1.807, 2.05) is 25.9 Å². The molecule has 17 heavy (non-hydrogen) atoms. The maximum absolute atomic E-state index is 9.49. The molecule has 104 valence electrons. The van der Waals surface area contributed by atoms with Crippen LogP contribution in [0.25, 0.3) is 0 Å². The molecule has 0 aromatic carbocycles. The lowest BCUT2D eigenvalue weighted by atomic mass is 10.6. The first-order chi connectivity index (χ1) is 7.43. The summed E-state index contributed by atoms with van der Waals surface area (Å²) in [5, 5.41) is 10.7. The minimum Gasteiger partial charge on any atom is -0.283 e. The Morgan fingerprint density at radius 3 is 1.88 bits per heavy atom. The zero-order valence-electron chi connectivity index (χ0n) is 12.0. The first kappa shape index (κ1) is 16.7. The summed E-state index contributed by atoms with van der Waals surface area (Å²) in [5.74, 6) is 0. The highest BCUT2D eigenvalue weighted by molar-refractivity contribution is 4.39. The molecule has 1 atom stereocenters. The Bertz CT molecular complexity index is 230. The summed E-state index contributed by atoms with van der Waals surface area (Å²) < 4.78 is 0. The van der Waals surface area contributed by atoms with Crippen molar-refractivity contribution < 1.29 is 29.5 Å². The highest BCUT2D eigenvalue weighted by Crippen LogP contribution is 2.10. The maximum atomic E-state index is 9.49. The number of hydroxylamine groups is 10. The molecule has 0 spiro atoms. The molecule has 0 aromatic rings. The lowest BCUT2D eigenvalue weighted by molar-refractivity contribution is -1.45. The van der Waals surface area contributed by atoms with Crippen LogP contribution in [-0.2, 0) is 14.7 Å². The first-order valence-electron chi connectivity index (χ1n) is 5.31. The van der Waals surface area contributed by atoms with Crippen LogP contribution in [0.3, 0.4) is 0 Å². The fourth-order valence-corrected chi connectivity index (χ4v) is 1.10. The van der Waals surface area contributed by atoms with Gasteiger partial charge in [-0.05, 0) is 31.2 Å². The number of hydrogen-bond acceptors (Lipinski definition) is 6. The van der Waals surface area contributed by atoms with Crippen LogP contribution < -0.4 is 0 Å². The highest BCUT2D eigenvalue weighted by Gasteiger charge is 2.34. The Balaban J connectivity index is 4.22. The van der Waals surface area contributed by atoms with Crippen LogP contribution in [0.2, 0.25) is 0 Å². The zero-order valence-corrected chi connectivity index (χ0v) is 12.0. The second-order valence-corrected chi connectivity index (χ2v) is 4.82. The fraction of sp³-hybridized carbons (Fsp3) is 1.00. The molecule has 0 aliphatic carbocycles. The molecule has 0 saturated heterocycles. The van der Waals surface area contributed by atoms with Gasteiger partial charge in [-0.1, -0.05) is 0 Å². The fourth-order valence-electron chi connectivity index (χ4n) is 1.10. The molecule has 8 nitrogen and oxygen atoms in total. The summed E-state index contributed by atoms with van der Waals surface area (Å²) in [6, 6.07) is 0. The van der Waals surface area contributed by atoms with E-state index in [1.54, 1.807) is 21.1 Å². The molecule has 0 aliphatic rings. The van der Waals surface area contributed by atoms with E-state index in [2.05, 4.69) is 0 Å². The quantitative estimate of drug-likeness (QED) is 0.392. The number of nitrogens with zero attached hydrogens (tertiary/aromatic N) is 4. The van der Waals surface area contributed by atoms with Gasteiger partial charge in [-0.2, -0.15) is 5.21 Å². The second kappa shape index (κ2) is 6.03. The molecule has 0 heterocycles. The second-order valence-electron chi connectivity index (χ2n) is 4.82. The average molecular weight is 254 g/mol. The Morgan fingerprint density at radius 2 is 1.53 bits per heavy atom. The van der Waals surface area contributed by atoms with Crippen LogP contribution in [0.15, 0.2) is 0 Å². The third-order valence-corrected chi connectivity index (χ3v) is 1.74. The van der Waals surface area contributed by atoms with Gasteiger partial charge in [0.15, 0.2) is 0 Å². The third kappa shape index (κ3) is 8.41. The molecule has 0 amide bonds. The molecule has 0 unspecified atom stereocenters. The van der Waals surface area contributed by atoms with Crippen molar-refractivity contribution in [1.82, 2.24) is 10.1 Å². The average Bonchev–Trinajstić information content (AvgIpc) is 1.96. The number of quaternary nitrogens is 2. The van der Waals surface area contributed by atoms with Crippen molar-refractivity contribution in [1.29, 1.82) is 0 Å². The molecule has 0 radical (unpaired) electrons. The van der Waals surface area contributed by atoms with Gasteiger partial charge in [-0.15, -0.1) is 0 Å². The van der Waals surface area contributed by atoms with E-state index in [1.165, 1.54) is 19.3 Å². The minimum atomic E-state index is -0.677. The maximum Gasteiger partial charge on any atom is 0.140 e. The van der Waals surface area contributed by atoms with Gasteiger partial charge in [-0.25, -0.2) is 0 Å². The molecule has 0 saturated carbocycles. The van der Waals surface area contributed by atoms with Gasteiger partial charge in [0.25, 0.3) is 0 Å². The van der Waals surface area contributed by atoms with E-state index < -0.39 is 4.81 Å². The summed E-state index contributed by atoms with van der Waals surface area (Å²) in [6.45, 7) is 1.88. The molecule has 0 rings (SSSR count). The predicted molar refractivity (Wildman–Crippen MR) is 60.2 cm³/mol. The summed E-state index contributed by atoms with van der Waals surface area (Å²) in [7, 11) is 11.6.